The van der Waals surface area contributed by atoms with E-state index in [1.165, 1.54) is 6.92 Å². The van der Waals surface area contributed by atoms with E-state index in [1.54, 1.807) is 0 Å². The van der Waals surface area contributed by atoms with Crippen molar-refractivity contribution >= 4 is 5.97 Å². The molecule has 1 aliphatic carbocycles. The number of ether oxygens (including phenoxy) is 3. The molecule has 0 aliphatic heterocycles. The highest BCUT2D eigenvalue weighted by Gasteiger charge is 2.44. The standard InChI is InChI=1S/C20H28O5/c1-15-9-10-19(22)20(3,18(15)12-25-16(2)21)13-24-14-23-11-17-7-5-4-6-8-17/h4-9,18-19,22H,10-14H2,1-3H3/t18?,19-,20-/m0/s1. The van der Waals surface area contributed by atoms with Gasteiger partial charge in [-0.05, 0) is 18.9 Å². The van der Waals surface area contributed by atoms with Gasteiger partial charge in [-0.15, -0.1) is 0 Å². The molecule has 138 valence electrons. The van der Waals surface area contributed by atoms with E-state index in [0.717, 1.165) is 11.1 Å². The minimum absolute atomic E-state index is 0.0747. The molecule has 0 heterocycles. The van der Waals surface area contributed by atoms with Crippen LogP contribution in [-0.4, -0.2) is 37.2 Å². The summed E-state index contributed by atoms with van der Waals surface area (Å²) in [4.78, 5) is 11.2. The molecule has 1 unspecified atom stereocenters. The zero-order valence-corrected chi connectivity index (χ0v) is 15.2. The third kappa shape index (κ3) is 5.39. The van der Waals surface area contributed by atoms with Crippen molar-refractivity contribution < 1.29 is 24.1 Å². The molecule has 2 rings (SSSR count). The van der Waals surface area contributed by atoms with E-state index < -0.39 is 11.5 Å². The maximum Gasteiger partial charge on any atom is 0.302 e. The Hall–Kier alpha value is -1.69. The third-order valence-corrected chi connectivity index (χ3v) is 4.91. The molecule has 0 bridgehead atoms. The summed E-state index contributed by atoms with van der Waals surface area (Å²) in [6, 6.07) is 9.89. The Bertz CT molecular complexity index is 583. The summed E-state index contributed by atoms with van der Waals surface area (Å²) in [5.74, 6) is -0.392. The SMILES string of the molecule is CC(=O)OCC1C(C)=CC[C@H](O)[C@@]1(C)COCOCc1ccccc1. The van der Waals surface area contributed by atoms with Gasteiger partial charge in [0.15, 0.2) is 0 Å². The van der Waals surface area contributed by atoms with Gasteiger partial charge in [0.05, 0.1) is 25.9 Å². The molecule has 1 aromatic rings. The molecule has 0 amide bonds. The average molecular weight is 348 g/mol. The van der Waals surface area contributed by atoms with Crippen LogP contribution in [-0.2, 0) is 25.6 Å². The maximum atomic E-state index is 11.2. The van der Waals surface area contributed by atoms with Crippen molar-refractivity contribution in [3.05, 3.63) is 47.5 Å². The molecular formula is C20H28O5. The predicted octanol–water partition coefficient (Wildman–Crippen LogP) is 3.07. The highest BCUT2D eigenvalue weighted by molar-refractivity contribution is 5.65. The van der Waals surface area contributed by atoms with E-state index in [0.29, 0.717) is 19.6 Å². The first-order valence-corrected chi connectivity index (χ1v) is 8.61. The van der Waals surface area contributed by atoms with Crippen LogP contribution in [0.2, 0.25) is 0 Å². The second-order valence-corrected chi connectivity index (χ2v) is 6.86. The highest BCUT2D eigenvalue weighted by Crippen LogP contribution is 2.42. The number of esters is 1. The maximum absolute atomic E-state index is 11.2. The number of rotatable bonds is 8. The minimum Gasteiger partial charge on any atom is -0.465 e. The number of aliphatic hydroxyl groups is 1. The Kier molecular flexibility index (Phi) is 7.17. The Morgan fingerprint density at radius 1 is 1.28 bits per heavy atom. The largest absolute Gasteiger partial charge is 0.465 e. The lowest BCUT2D eigenvalue weighted by Crippen LogP contribution is -2.47. The van der Waals surface area contributed by atoms with Crippen LogP contribution in [0, 0.1) is 11.3 Å². The van der Waals surface area contributed by atoms with Gasteiger partial charge in [0.2, 0.25) is 0 Å². The van der Waals surface area contributed by atoms with E-state index in [1.807, 2.05) is 50.3 Å². The van der Waals surface area contributed by atoms with Gasteiger partial charge in [0.1, 0.15) is 6.79 Å². The Morgan fingerprint density at radius 2 is 2.00 bits per heavy atom. The van der Waals surface area contributed by atoms with Gasteiger partial charge in [0.25, 0.3) is 0 Å². The van der Waals surface area contributed by atoms with Crippen molar-refractivity contribution in [2.24, 2.45) is 11.3 Å². The molecule has 0 aromatic heterocycles. The van der Waals surface area contributed by atoms with Crippen LogP contribution in [0.5, 0.6) is 0 Å². The molecule has 25 heavy (non-hydrogen) atoms. The van der Waals surface area contributed by atoms with Crippen LogP contribution in [0.4, 0.5) is 0 Å². The van der Waals surface area contributed by atoms with Crippen LogP contribution < -0.4 is 0 Å². The number of aliphatic hydroxyl groups excluding tert-OH is 1. The summed E-state index contributed by atoms with van der Waals surface area (Å²) in [7, 11) is 0. The smallest absolute Gasteiger partial charge is 0.302 e. The lowest BCUT2D eigenvalue weighted by Gasteiger charge is -2.44. The summed E-state index contributed by atoms with van der Waals surface area (Å²) < 4.78 is 16.5. The number of carbonyl (C=O) groups is 1. The molecule has 1 aromatic carbocycles. The van der Waals surface area contributed by atoms with Crippen molar-refractivity contribution in [3.8, 4) is 0 Å². The molecule has 0 spiro atoms. The topological polar surface area (TPSA) is 65.0 Å². The van der Waals surface area contributed by atoms with Crippen molar-refractivity contribution in [1.82, 2.24) is 0 Å². The minimum atomic E-state index is -0.550. The average Bonchev–Trinajstić information content (AvgIpc) is 2.59. The lowest BCUT2D eigenvalue weighted by atomic mass is 9.66. The Labute approximate surface area is 149 Å². The Morgan fingerprint density at radius 3 is 2.68 bits per heavy atom. The van der Waals surface area contributed by atoms with Crippen LogP contribution in [0.1, 0.15) is 32.8 Å². The molecule has 0 saturated heterocycles. The summed E-state index contributed by atoms with van der Waals surface area (Å²) in [6.45, 7) is 6.59. The first kappa shape index (κ1) is 19.6. The molecule has 5 heteroatoms. The fourth-order valence-corrected chi connectivity index (χ4v) is 3.23. The van der Waals surface area contributed by atoms with Crippen LogP contribution in [0.3, 0.4) is 0 Å². The summed E-state index contributed by atoms with van der Waals surface area (Å²) in [5, 5.41) is 10.5. The van der Waals surface area contributed by atoms with Gasteiger partial charge in [-0.2, -0.15) is 0 Å². The molecule has 1 aliphatic rings. The van der Waals surface area contributed by atoms with Gasteiger partial charge < -0.3 is 19.3 Å². The van der Waals surface area contributed by atoms with Gasteiger partial charge in [-0.25, -0.2) is 0 Å². The van der Waals surface area contributed by atoms with E-state index in [9.17, 15) is 9.90 Å². The molecule has 3 atom stereocenters. The highest BCUT2D eigenvalue weighted by atomic mass is 16.7. The molecule has 0 fully saturated rings. The quantitative estimate of drug-likeness (QED) is 0.338. The third-order valence-electron chi connectivity index (χ3n) is 4.91. The summed E-state index contributed by atoms with van der Waals surface area (Å²) in [6.07, 6.45) is 2.03. The van der Waals surface area contributed by atoms with E-state index in [4.69, 9.17) is 14.2 Å². The first-order chi connectivity index (χ1) is 11.9. The summed E-state index contributed by atoms with van der Waals surface area (Å²) in [5.41, 5.74) is 1.68. The fourth-order valence-electron chi connectivity index (χ4n) is 3.23. The number of hydrogen-bond donors (Lipinski definition) is 1. The second kappa shape index (κ2) is 9.13. The van der Waals surface area contributed by atoms with Crippen molar-refractivity contribution in [2.45, 2.75) is 39.9 Å². The molecule has 0 radical (unpaired) electrons. The lowest BCUT2D eigenvalue weighted by molar-refractivity contribution is -0.151. The normalized spacial score (nSPS) is 26.2. The van der Waals surface area contributed by atoms with E-state index in [2.05, 4.69) is 0 Å². The van der Waals surface area contributed by atoms with Crippen molar-refractivity contribution in [1.29, 1.82) is 0 Å². The van der Waals surface area contributed by atoms with Gasteiger partial charge in [0, 0.05) is 18.3 Å². The zero-order chi connectivity index (χ0) is 18.3. The van der Waals surface area contributed by atoms with E-state index >= 15 is 0 Å². The van der Waals surface area contributed by atoms with Crippen LogP contribution in [0.15, 0.2) is 42.0 Å². The number of hydrogen-bond acceptors (Lipinski definition) is 5. The molecular weight excluding hydrogens is 320 g/mol. The van der Waals surface area contributed by atoms with Crippen LogP contribution in [0.25, 0.3) is 0 Å². The molecule has 0 saturated carbocycles. The van der Waals surface area contributed by atoms with Crippen molar-refractivity contribution in [3.63, 3.8) is 0 Å². The molecule has 1 N–H and O–H groups in total. The molecule has 5 nitrogen and oxygen atoms in total. The van der Waals surface area contributed by atoms with Gasteiger partial charge in [-0.3, -0.25) is 4.79 Å². The van der Waals surface area contributed by atoms with Crippen molar-refractivity contribution in [2.75, 3.05) is 20.0 Å². The number of benzene rings is 1. The monoisotopic (exact) mass is 348 g/mol. The van der Waals surface area contributed by atoms with Crippen LogP contribution >= 0.6 is 0 Å². The summed E-state index contributed by atoms with van der Waals surface area (Å²) >= 11 is 0. The van der Waals surface area contributed by atoms with Gasteiger partial charge in [-0.1, -0.05) is 48.9 Å². The predicted molar refractivity (Wildman–Crippen MR) is 94.7 cm³/mol. The Balaban J connectivity index is 1.87. The van der Waals surface area contributed by atoms with Gasteiger partial charge >= 0.3 is 5.97 Å². The fraction of sp³-hybridized carbons (Fsp3) is 0.550. The van der Waals surface area contributed by atoms with E-state index in [-0.39, 0.29) is 25.3 Å². The zero-order valence-electron chi connectivity index (χ0n) is 15.2. The number of carbonyl (C=O) groups excluding carboxylic acids is 1. The second-order valence-electron chi connectivity index (χ2n) is 6.86. The first-order valence-electron chi connectivity index (χ1n) is 8.61.